The fourth-order valence-electron chi connectivity index (χ4n) is 4.04. The number of ether oxygens (including phenoxy) is 1. The number of hydrogen-bond acceptors (Lipinski definition) is 5. The van der Waals surface area contributed by atoms with Crippen molar-refractivity contribution in [3.63, 3.8) is 0 Å². The van der Waals surface area contributed by atoms with Crippen molar-refractivity contribution in [2.75, 3.05) is 6.61 Å². The van der Waals surface area contributed by atoms with Gasteiger partial charge in [-0.25, -0.2) is 4.79 Å². The third-order valence-corrected chi connectivity index (χ3v) is 5.77. The number of esters is 1. The summed E-state index contributed by atoms with van der Waals surface area (Å²) in [4.78, 5) is 49.9. The molecular weight excluding hydrogens is 420 g/mol. The number of hydrogen-bond donors (Lipinski definition) is 0. The first kappa shape index (κ1) is 22.2. The molecule has 1 aliphatic heterocycles. The highest BCUT2D eigenvalue weighted by Crippen LogP contribution is 2.21. The zero-order valence-corrected chi connectivity index (χ0v) is 18.5. The van der Waals surface area contributed by atoms with Gasteiger partial charge in [-0.15, -0.1) is 0 Å². The molecule has 2 aromatic carbocycles. The molecule has 0 N–H and O–H groups in total. The Morgan fingerprint density at radius 2 is 1.55 bits per heavy atom. The monoisotopic (exact) mass is 444 g/mol. The molecule has 0 unspecified atom stereocenters. The van der Waals surface area contributed by atoms with Gasteiger partial charge in [0.05, 0.1) is 12.1 Å². The first-order chi connectivity index (χ1) is 15.8. The van der Waals surface area contributed by atoms with Crippen LogP contribution in [0.4, 0.5) is 0 Å². The molecule has 4 rings (SSSR count). The molecular formula is C26H24N2O5. The van der Waals surface area contributed by atoms with Crippen LogP contribution in [0.3, 0.4) is 0 Å². The average molecular weight is 444 g/mol. The van der Waals surface area contributed by atoms with E-state index < -0.39 is 5.97 Å². The Morgan fingerprint density at radius 1 is 0.909 bits per heavy atom. The zero-order chi connectivity index (χ0) is 23.5. The summed E-state index contributed by atoms with van der Waals surface area (Å²) in [6.45, 7) is 3.61. The van der Waals surface area contributed by atoms with Gasteiger partial charge in [-0.3, -0.25) is 19.3 Å². The lowest BCUT2D eigenvalue weighted by atomic mass is 10.1. The van der Waals surface area contributed by atoms with Crippen LogP contribution in [0, 0.1) is 13.8 Å². The molecule has 0 atom stereocenters. The van der Waals surface area contributed by atoms with Crippen LogP contribution in [0.1, 0.15) is 50.5 Å². The van der Waals surface area contributed by atoms with Gasteiger partial charge >= 0.3 is 5.97 Å². The molecule has 7 nitrogen and oxygen atoms in total. The van der Waals surface area contributed by atoms with E-state index in [1.165, 1.54) is 4.90 Å². The maximum atomic E-state index is 12.7. The van der Waals surface area contributed by atoms with Gasteiger partial charge in [0.15, 0.2) is 6.61 Å². The Kier molecular flexibility index (Phi) is 6.22. The van der Waals surface area contributed by atoms with E-state index in [0.29, 0.717) is 11.1 Å². The fraction of sp³-hybridized carbons (Fsp3) is 0.231. The molecule has 1 aliphatic rings. The molecule has 2 amide bonds. The van der Waals surface area contributed by atoms with Crippen molar-refractivity contribution in [3.8, 4) is 5.69 Å². The van der Waals surface area contributed by atoms with Crippen LogP contribution in [0.25, 0.3) is 5.69 Å². The number of ketones is 1. The minimum Gasteiger partial charge on any atom is -0.454 e. The Bertz CT molecular complexity index is 1210. The van der Waals surface area contributed by atoms with Crippen LogP contribution in [-0.2, 0) is 20.9 Å². The minimum atomic E-state index is -0.611. The van der Waals surface area contributed by atoms with E-state index in [-0.39, 0.29) is 43.6 Å². The second-order valence-electron chi connectivity index (χ2n) is 8.03. The van der Waals surface area contributed by atoms with Gasteiger partial charge in [-0.2, -0.15) is 0 Å². The highest BCUT2D eigenvalue weighted by atomic mass is 16.5. The molecule has 0 bridgehead atoms. The molecule has 168 valence electrons. The Balaban J connectivity index is 1.38. The third-order valence-electron chi connectivity index (χ3n) is 5.77. The number of benzene rings is 2. The van der Waals surface area contributed by atoms with E-state index in [2.05, 4.69) is 0 Å². The number of likely N-dealkylation sites (tertiary alicyclic amines) is 1. The number of carbonyl (C=O) groups excluding carboxylic acids is 4. The summed E-state index contributed by atoms with van der Waals surface area (Å²) in [6.07, 6.45) is 0.482. The quantitative estimate of drug-likeness (QED) is 0.315. The van der Waals surface area contributed by atoms with E-state index in [9.17, 15) is 19.2 Å². The molecule has 0 saturated carbocycles. The predicted octanol–water partition coefficient (Wildman–Crippen LogP) is 3.78. The molecule has 2 heterocycles. The van der Waals surface area contributed by atoms with Gasteiger partial charge in [-0.05, 0) is 49.7 Å². The van der Waals surface area contributed by atoms with Gasteiger partial charge in [0, 0.05) is 35.5 Å². The van der Waals surface area contributed by atoms with E-state index in [1.807, 2.05) is 48.7 Å². The molecule has 33 heavy (non-hydrogen) atoms. The minimum absolute atomic E-state index is 0.183. The lowest BCUT2D eigenvalue weighted by Gasteiger charge is -2.13. The van der Waals surface area contributed by atoms with Gasteiger partial charge in [0.1, 0.15) is 0 Å². The largest absolute Gasteiger partial charge is 0.454 e. The topological polar surface area (TPSA) is 85.7 Å². The molecule has 0 radical (unpaired) electrons. The summed E-state index contributed by atoms with van der Waals surface area (Å²) in [5, 5.41) is 0. The van der Waals surface area contributed by atoms with E-state index in [4.69, 9.17) is 4.74 Å². The van der Waals surface area contributed by atoms with E-state index in [1.54, 1.807) is 30.3 Å². The Morgan fingerprint density at radius 3 is 2.18 bits per heavy atom. The number of para-hydroxylation sites is 1. The number of carbonyl (C=O) groups is 4. The molecule has 1 fully saturated rings. The third kappa shape index (κ3) is 4.62. The maximum Gasteiger partial charge on any atom is 0.338 e. The second-order valence-corrected chi connectivity index (χ2v) is 8.03. The SMILES string of the molecule is Cc1cc(C(=O)COC(=O)c2ccc(CN3C(=O)CCC3=O)cc2)c(C)n1-c1ccccc1. The zero-order valence-electron chi connectivity index (χ0n) is 18.5. The van der Waals surface area contributed by atoms with E-state index in [0.717, 1.165) is 22.6 Å². The Hall–Kier alpha value is -4.00. The summed E-state index contributed by atoms with van der Waals surface area (Å²) in [6, 6.07) is 18.0. The van der Waals surface area contributed by atoms with Crippen molar-refractivity contribution >= 4 is 23.6 Å². The van der Waals surface area contributed by atoms with Crippen molar-refractivity contribution in [2.45, 2.75) is 33.2 Å². The van der Waals surface area contributed by atoms with Gasteiger partial charge in [-0.1, -0.05) is 30.3 Å². The lowest BCUT2D eigenvalue weighted by Crippen LogP contribution is -2.28. The number of rotatable bonds is 7. The summed E-state index contributed by atoms with van der Waals surface area (Å²) in [5.41, 5.74) is 4.20. The van der Waals surface area contributed by atoms with Crippen molar-refractivity contribution in [3.05, 3.63) is 88.7 Å². The summed E-state index contributed by atoms with van der Waals surface area (Å²) in [7, 11) is 0. The highest BCUT2D eigenvalue weighted by molar-refractivity contribution is 6.02. The number of amides is 2. The van der Waals surface area contributed by atoms with Crippen molar-refractivity contribution in [1.29, 1.82) is 0 Å². The first-order valence-corrected chi connectivity index (χ1v) is 10.7. The molecule has 0 aliphatic carbocycles. The second kappa shape index (κ2) is 9.24. The first-order valence-electron chi connectivity index (χ1n) is 10.7. The van der Waals surface area contributed by atoms with Crippen LogP contribution >= 0.6 is 0 Å². The lowest BCUT2D eigenvalue weighted by molar-refractivity contribution is -0.139. The van der Waals surface area contributed by atoms with Gasteiger partial charge < -0.3 is 9.30 Å². The number of imide groups is 1. The van der Waals surface area contributed by atoms with E-state index >= 15 is 0 Å². The average Bonchev–Trinajstić information content (AvgIpc) is 3.30. The van der Waals surface area contributed by atoms with Crippen LogP contribution in [0.2, 0.25) is 0 Å². The van der Waals surface area contributed by atoms with Crippen LogP contribution in [-0.4, -0.2) is 39.6 Å². The number of nitrogens with zero attached hydrogens (tertiary/aromatic N) is 2. The van der Waals surface area contributed by atoms with Crippen LogP contribution in [0.15, 0.2) is 60.7 Å². The van der Waals surface area contributed by atoms with Crippen LogP contribution < -0.4 is 0 Å². The fourth-order valence-corrected chi connectivity index (χ4v) is 4.04. The molecule has 1 saturated heterocycles. The van der Waals surface area contributed by atoms with Crippen molar-refractivity contribution < 1.29 is 23.9 Å². The van der Waals surface area contributed by atoms with Gasteiger partial charge in [0.2, 0.25) is 17.6 Å². The number of Topliss-reactive ketones (excluding diaryl/α,β-unsaturated/α-hetero) is 1. The van der Waals surface area contributed by atoms with Gasteiger partial charge in [0.25, 0.3) is 0 Å². The standard InChI is InChI=1S/C26H24N2O5/c1-17-14-22(18(2)28(17)21-6-4-3-5-7-21)23(29)16-33-26(32)20-10-8-19(9-11-20)15-27-24(30)12-13-25(27)31/h3-11,14H,12-13,15-16H2,1-2H3. The number of aryl methyl sites for hydroxylation is 1. The molecule has 0 spiro atoms. The summed E-state index contributed by atoms with van der Waals surface area (Å²) in [5.74, 6) is -1.26. The summed E-state index contributed by atoms with van der Waals surface area (Å²) < 4.78 is 7.23. The molecule has 1 aromatic heterocycles. The summed E-state index contributed by atoms with van der Waals surface area (Å²) >= 11 is 0. The molecule has 3 aromatic rings. The predicted molar refractivity (Wildman–Crippen MR) is 121 cm³/mol. The van der Waals surface area contributed by atoms with Crippen molar-refractivity contribution in [1.82, 2.24) is 9.47 Å². The number of aromatic nitrogens is 1. The highest BCUT2D eigenvalue weighted by Gasteiger charge is 2.28. The normalized spacial score (nSPS) is 13.5. The maximum absolute atomic E-state index is 12.7. The Labute approximate surface area is 191 Å². The smallest absolute Gasteiger partial charge is 0.338 e. The van der Waals surface area contributed by atoms with Crippen LogP contribution in [0.5, 0.6) is 0 Å². The van der Waals surface area contributed by atoms with Crippen molar-refractivity contribution in [2.24, 2.45) is 0 Å². The molecule has 7 heteroatoms.